The van der Waals surface area contributed by atoms with E-state index in [0.29, 0.717) is 24.2 Å². The molecular weight excluding hydrogens is 186 g/mol. The summed E-state index contributed by atoms with van der Waals surface area (Å²) >= 11 is 0. The molecule has 78 valence electrons. The molecule has 1 saturated heterocycles. The Morgan fingerprint density at radius 3 is 2.93 bits per heavy atom. The fourth-order valence-corrected chi connectivity index (χ4v) is 2.98. The summed E-state index contributed by atoms with van der Waals surface area (Å²) in [6.07, 6.45) is 14.9. The maximum Gasteiger partial charge on any atom is 0.220 e. The molecule has 2 aliphatic carbocycles. The standard InChI is InChI=1S/C13H15NO/c15-13-8-6-11-10-4-2-1-3-9(10)5-7-12(11)14-13/h1-5,7,9-12H,6,8H2,(H,14,15). The van der Waals surface area contributed by atoms with Crippen LogP contribution in [0, 0.1) is 17.8 Å². The van der Waals surface area contributed by atoms with Crippen molar-refractivity contribution in [3.05, 3.63) is 36.5 Å². The van der Waals surface area contributed by atoms with Crippen LogP contribution in [-0.2, 0) is 4.79 Å². The molecule has 4 atom stereocenters. The van der Waals surface area contributed by atoms with E-state index >= 15 is 0 Å². The van der Waals surface area contributed by atoms with Gasteiger partial charge in [0.05, 0.1) is 6.04 Å². The second-order valence-electron chi connectivity index (χ2n) is 4.61. The van der Waals surface area contributed by atoms with Gasteiger partial charge in [-0.05, 0) is 18.3 Å². The lowest BCUT2D eigenvalue weighted by Crippen LogP contribution is -2.49. The summed E-state index contributed by atoms with van der Waals surface area (Å²) in [5.41, 5.74) is 0. The highest BCUT2D eigenvalue weighted by Gasteiger charge is 2.37. The fraction of sp³-hybridized carbons (Fsp3) is 0.462. The number of nitrogens with one attached hydrogen (secondary N) is 1. The SMILES string of the molecule is O=C1CCC2C(C=CC3C=CC=CC32)N1. The maximum atomic E-state index is 11.3. The van der Waals surface area contributed by atoms with Crippen molar-refractivity contribution in [2.45, 2.75) is 18.9 Å². The predicted octanol–water partition coefficient (Wildman–Crippen LogP) is 1.81. The predicted molar refractivity (Wildman–Crippen MR) is 59.1 cm³/mol. The Bertz CT molecular complexity index is 367. The summed E-state index contributed by atoms with van der Waals surface area (Å²) in [4.78, 5) is 11.3. The number of piperidine rings is 1. The van der Waals surface area contributed by atoms with Gasteiger partial charge in [-0.1, -0.05) is 36.5 Å². The van der Waals surface area contributed by atoms with Crippen LogP contribution in [0.3, 0.4) is 0 Å². The first kappa shape index (κ1) is 8.96. The third-order valence-electron chi connectivity index (χ3n) is 3.75. The van der Waals surface area contributed by atoms with Crippen molar-refractivity contribution in [2.24, 2.45) is 17.8 Å². The van der Waals surface area contributed by atoms with Gasteiger partial charge < -0.3 is 5.32 Å². The van der Waals surface area contributed by atoms with Crippen LogP contribution in [0.4, 0.5) is 0 Å². The van der Waals surface area contributed by atoms with Gasteiger partial charge >= 0.3 is 0 Å². The summed E-state index contributed by atoms with van der Waals surface area (Å²) in [5, 5.41) is 3.07. The summed E-state index contributed by atoms with van der Waals surface area (Å²) in [6.45, 7) is 0. The Kier molecular flexibility index (Phi) is 2.01. The highest BCUT2D eigenvalue weighted by atomic mass is 16.1. The molecule has 0 bridgehead atoms. The quantitative estimate of drug-likeness (QED) is 0.595. The van der Waals surface area contributed by atoms with E-state index in [-0.39, 0.29) is 11.9 Å². The van der Waals surface area contributed by atoms with Gasteiger partial charge in [0.1, 0.15) is 0 Å². The van der Waals surface area contributed by atoms with Gasteiger partial charge in [-0.15, -0.1) is 0 Å². The van der Waals surface area contributed by atoms with E-state index in [9.17, 15) is 4.79 Å². The van der Waals surface area contributed by atoms with Crippen molar-refractivity contribution >= 4 is 5.91 Å². The lowest BCUT2D eigenvalue weighted by atomic mass is 9.69. The molecule has 1 amide bonds. The summed E-state index contributed by atoms with van der Waals surface area (Å²) in [5.74, 6) is 1.94. The molecule has 15 heavy (non-hydrogen) atoms. The Hall–Kier alpha value is -1.31. The topological polar surface area (TPSA) is 29.1 Å². The number of allylic oxidation sites excluding steroid dienone is 5. The molecule has 1 aliphatic heterocycles. The van der Waals surface area contributed by atoms with Crippen LogP contribution in [0.2, 0.25) is 0 Å². The zero-order valence-corrected chi connectivity index (χ0v) is 8.60. The van der Waals surface area contributed by atoms with Gasteiger partial charge in [0, 0.05) is 12.3 Å². The molecule has 0 aromatic rings. The molecule has 3 rings (SSSR count). The molecule has 0 saturated carbocycles. The van der Waals surface area contributed by atoms with Crippen molar-refractivity contribution in [3.8, 4) is 0 Å². The van der Waals surface area contributed by atoms with Gasteiger partial charge in [-0.25, -0.2) is 0 Å². The number of rotatable bonds is 0. The zero-order chi connectivity index (χ0) is 10.3. The van der Waals surface area contributed by atoms with E-state index in [1.807, 2.05) is 0 Å². The smallest absolute Gasteiger partial charge is 0.220 e. The van der Waals surface area contributed by atoms with E-state index in [1.165, 1.54) is 0 Å². The number of carbonyl (C=O) groups excluding carboxylic acids is 1. The molecular formula is C13H15NO. The minimum atomic E-state index is 0.203. The van der Waals surface area contributed by atoms with Crippen LogP contribution in [-0.4, -0.2) is 11.9 Å². The summed E-state index contributed by atoms with van der Waals surface area (Å²) in [7, 11) is 0. The van der Waals surface area contributed by atoms with Crippen LogP contribution in [0.15, 0.2) is 36.5 Å². The first-order valence-corrected chi connectivity index (χ1v) is 5.67. The molecule has 0 aromatic carbocycles. The Labute approximate surface area is 89.7 Å². The molecule has 1 heterocycles. The van der Waals surface area contributed by atoms with Crippen molar-refractivity contribution < 1.29 is 4.79 Å². The van der Waals surface area contributed by atoms with Crippen LogP contribution >= 0.6 is 0 Å². The van der Waals surface area contributed by atoms with Crippen molar-refractivity contribution in [3.63, 3.8) is 0 Å². The monoisotopic (exact) mass is 201 g/mol. The molecule has 4 unspecified atom stereocenters. The Morgan fingerprint density at radius 2 is 2.00 bits per heavy atom. The van der Waals surface area contributed by atoms with Crippen molar-refractivity contribution in [1.29, 1.82) is 0 Å². The second kappa shape index (κ2) is 3.37. The minimum absolute atomic E-state index is 0.203. The van der Waals surface area contributed by atoms with E-state index in [4.69, 9.17) is 0 Å². The maximum absolute atomic E-state index is 11.3. The van der Waals surface area contributed by atoms with Crippen molar-refractivity contribution in [2.75, 3.05) is 0 Å². The Morgan fingerprint density at radius 1 is 1.13 bits per heavy atom. The summed E-state index contributed by atoms with van der Waals surface area (Å²) in [6, 6.07) is 0.267. The first-order chi connectivity index (χ1) is 7.34. The minimum Gasteiger partial charge on any atom is -0.350 e. The number of carbonyl (C=O) groups is 1. The Balaban J connectivity index is 1.89. The van der Waals surface area contributed by atoms with Gasteiger partial charge in [-0.2, -0.15) is 0 Å². The lowest BCUT2D eigenvalue weighted by molar-refractivity contribution is -0.124. The molecule has 1 fully saturated rings. The number of amides is 1. The molecule has 0 spiro atoms. The van der Waals surface area contributed by atoms with Crippen LogP contribution in [0.5, 0.6) is 0 Å². The number of hydrogen-bond acceptors (Lipinski definition) is 1. The van der Waals surface area contributed by atoms with Crippen LogP contribution in [0.25, 0.3) is 0 Å². The van der Waals surface area contributed by atoms with Gasteiger partial charge in [0.15, 0.2) is 0 Å². The van der Waals surface area contributed by atoms with Gasteiger partial charge in [0.2, 0.25) is 5.91 Å². The van der Waals surface area contributed by atoms with Gasteiger partial charge in [-0.3, -0.25) is 4.79 Å². The number of hydrogen-bond donors (Lipinski definition) is 1. The van der Waals surface area contributed by atoms with E-state index in [1.54, 1.807) is 0 Å². The molecule has 0 radical (unpaired) electrons. The molecule has 2 heteroatoms. The first-order valence-electron chi connectivity index (χ1n) is 5.67. The van der Waals surface area contributed by atoms with E-state index < -0.39 is 0 Å². The highest BCUT2D eigenvalue weighted by molar-refractivity contribution is 5.77. The second-order valence-corrected chi connectivity index (χ2v) is 4.61. The van der Waals surface area contributed by atoms with Crippen LogP contribution < -0.4 is 5.32 Å². The van der Waals surface area contributed by atoms with Crippen LogP contribution in [0.1, 0.15) is 12.8 Å². The molecule has 0 aromatic heterocycles. The average Bonchev–Trinajstić information content (AvgIpc) is 2.28. The van der Waals surface area contributed by atoms with E-state index in [2.05, 4.69) is 41.8 Å². The summed E-state index contributed by atoms with van der Waals surface area (Å²) < 4.78 is 0. The van der Waals surface area contributed by atoms with E-state index in [0.717, 1.165) is 6.42 Å². The molecule has 1 N–H and O–H groups in total. The number of fused-ring (bicyclic) bond motifs is 3. The van der Waals surface area contributed by atoms with Crippen molar-refractivity contribution in [1.82, 2.24) is 5.32 Å². The molecule has 2 nitrogen and oxygen atoms in total. The average molecular weight is 201 g/mol. The highest BCUT2D eigenvalue weighted by Crippen LogP contribution is 2.38. The third kappa shape index (κ3) is 1.44. The normalized spacial score (nSPS) is 42.0. The lowest BCUT2D eigenvalue weighted by Gasteiger charge is -2.41. The fourth-order valence-electron chi connectivity index (χ4n) is 2.98. The zero-order valence-electron chi connectivity index (χ0n) is 8.60. The largest absolute Gasteiger partial charge is 0.350 e. The molecule has 3 aliphatic rings. The third-order valence-corrected chi connectivity index (χ3v) is 3.75. The van der Waals surface area contributed by atoms with Gasteiger partial charge in [0.25, 0.3) is 0 Å².